The van der Waals surface area contributed by atoms with E-state index in [4.69, 9.17) is 0 Å². The lowest BCUT2D eigenvalue weighted by Gasteiger charge is -2.36. The van der Waals surface area contributed by atoms with Gasteiger partial charge in [0.2, 0.25) is 0 Å². The highest BCUT2D eigenvalue weighted by molar-refractivity contribution is 4.96. The predicted octanol–water partition coefficient (Wildman–Crippen LogP) is 6.76. The molecule has 3 aliphatic rings. The van der Waals surface area contributed by atoms with Crippen molar-refractivity contribution in [2.24, 2.45) is 29.6 Å². The average molecular weight is 289 g/mol. The molecule has 0 atom stereocenters. The molecular formula is C21H36. The van der Waals surface area contributed by atoms with Crippen LogP contribution in [-0.4, -0.2) is 0 Å². The van der Waals surface area contributed by atoms with Gasteiger partial charge in [-0.25, -0.2) is 0 Å². The van der Waals surface area contributed by atoms with Crippen LogP contribution >= 0.6 is 0 Å². The molecule has 0 radical (unpaired) electrons. The topological polar surface area (TPSA) is 0 Å². The van der Waals surface area contributed by atoms with Crippen LogP contribution in [0.25, 0.3) is 0 Å². The van der Waals surface area contributed by atoms with Crippen LogP contribution in [0, 0.1) is 29.6 Å². The lowest BCUT2D eigenvalue weighted by molar-refractivity contribution is 0.160. The Morgan fingerprint density at radius 2 is 1.00 bits per heavy atom. The second-order valence-electron chi connectivity index (χ2n) is 8.48. The van der Waals surface area contributed by atoms with Gasteiger partial charge in [-0.15, -0.1) is 0 Å². The zero-order chi connectivity index (χ0) is 14.5. The summed E-state index contributed by atoms with van der Waals surface area (Å²) in [5.74, 6) is 5.03. The summed E-state index contributed by atoms with van der Waals surface area (Å²) in [5.41, 5.74) is 0. The van der Waals surface area contributed by atoms with E-state index in [1.807, 2.05) is 0 Å². The van der Waals surface area contributed by atoms with E-state index < -0.39 is 0 Å². The minimum atomic E-state index is 0.922. The first-order valence-electron chi connectivity index (χ1n) is 9.99. The Labute approximate surface area is 132 Å². The first-order chi connectivity index (χ1) is 10.3. The first kappa shape index (κ1) is 15.6. The predicted molar refractivity (Wildman–Crippen MR) is 92.3 cm³/mol. The summed E-state index contributed by atoms with van der Waals surface area (Å²) in [4.78, 5) is 0. The molecule has 0 aromatic rings. The molecule has 3 fully saturated rings. The summed E-state index contributed by atoms with van der Waals surface area (Å²) < 4.78 is 0. The Hall–Kier alpha value is -0.260. The first-order valence-corrected chi connectivity index (χ1v) is 9.99. The number of hydrogen-bond donors (Lipinski definition) is 0. The van der Waals surface area contributed by atoms with Crippen molar-refractivity contribution in [1.29, 1.82) is 0 Å². The average Bonchev–Trinajstić information content (AvgIpc) is 2.55. The molecule has 0 nitrogen and oxygen atoms in total. The fourth-order valence-electron chi connectivity index (χ4n) is 5.21. The Morgan fingerprint density at radius 3 is 1.57 bits per heavy atom. The second kappa shape index (κ2) is 7.84. The second-order valence-corrected chi connectivity index (χ2v) is 8.48. The van der Waals surface area contributed by atoms with Gasteiger partial charge in [0.1, 0.15) is 0 Å². The molecule has 0 saturated heterocycles. The van der Waals surface area contributed by atoms with Crippen molar-refractivity contribution in [2.45, 2.75) is 90.4 Å². The van der Waals surface area contributed by atoms with Crippen LogP contribution in [0.3, 0.4) is 0 Å². The monoisotopic (exact) mass is 288 g/mol. The molecule has 0 amide bonds. The van der Waals surface area contributed by atoms with Crippen molar-refractivity contribution in [3.05, 3.63) is 12.2 Å². The molecule has 0 heterocycles. The number of rotatable bonds is 3. The van der Waals surface area contributed by atoms with Gasteiger partial charge in [0.05, 0.1) is 0 Å². The highest BCUT2D eigenvalue weighted by atomic mass is 14.3. The van der Waals surface area contributed by atoms with Gasteiger partial charge in [-0.3, -0.25) is 0 Å². The van der Waals surface area contributed by atoms with Crippen LogP contribution in [-0.2, 0) is 0 Å². The van der Waals surface area contributed by atoms with Gasteiger partial charge >= 0.3 is 0 Å². The molecule has 0 unspecified atom stereocenters. The molecule has 3 saturated carbocycles. The van der Waals surface area contributed by atoms with Crippen molar-refractivity contribution in [3.63, 3.8) is 0 Å². The minimum absolute atomic E-state index is 0.922. The Balaban J connectivity index is 1.39. The lowest BCUT2D eigenvalue weighted by atomic mass is 9.69. The van der Waals surface area contributed by atoms with Gasteiger partial charge in [0.25, 0.3) is 0 Å². The molecule has 0 N–H and O–H groups in total. The fourth-order valence-corrected chi connectivity index (χ4v) is 5.21. The molecular weight excluding hydrogens is 252 g/mol. The molecule has 0 spiro atoms. The Bertz CT molecular complexity index is 307. The van der Waals surface area contributed by atoms with E-state index in [2.05, 4.69) is 19.1 Å². The third kappa shape index (κ3) is 4.60. The van der Waals surface area contributed by atoms with Crippen molar-refractivity contribution >= 4 is 0 Å². The summed E-state index contributed by atoms with van der Waals surface area (Å²) in [6.07, 6.45) is 24.7. The molecule has 0 bridgehead atoms. The summed E-state index contributed by atoms with van der Waals surface area (Å²) in [7, 11) is 0. The van der Waals surface area contributed by atoms with Gasteiger partial charge in [-0.05, 0) is 81.0 Å². The van der Waals surface area contributed by atoms with E-state index in [1.165, 1.54) is 83.5 Å². The third-order valence-corrected chi connectivity index (χ3v) is 6.85. The zero-order valence-corrected chi connectivity index (χ0v) is 14.2. The smallest absolute Gasteiger partial charge is 0.0233 e. The maximum absolute atomic E-state index is 2.62. The summed E-state index contributed by atoms with van der Waals surface area (Å²) in [6.45, 7) is 2.45. The summed E-state index contributed by atoms with van der Waals surface area (Å²) >= 11 is 0. The molecule has 0 aromatic carbocycles. The third-order valence-electron chi connectivity index (χ3n) is 6.85. The fraction of sp³-hybridized carbons (Fsp3) is 0.905. The van der Waals surface area contributed by atoms with Crippen molar-refractivity contribution in [3.8, 4) is 0 Å². The highest BCUT2D eigenvalue weighted by Gasteiger charge is 2.29. The molecule has 3 aliphatic carbocycles. The summed E-state index contributed by atoms with van der Waals surface area (Å²) in [6, 6.07) is 0. The maximum Gasteiger partial charge on any atom is -0.0233 e. The van der Waals surface area contributed by atoms with Crippen LogP contribution in [0.4, 0.5) is 0 Å². The van der Waals surface area contributed by atoms with Crippen molar-refractivity contribution in [1.82, 2.24) is 0 Å². The highest BCUT2D eigenvalue weighted by Crippen LogP contribution is 2.41. The van der Waals surface area contributed by atoms with Gasteiger partial charge in [0, 0.05) is 0 Å². The number of hydrogen-bond acceptors (Lipinski definition) is 0. The molecule has 120 valence electrons. The molecule has 0 heteroatoms. The quantitative estimate of drug-likeness (QED) is 0.503. The standard InChI is InChI=1S/C21H36/c1-17-7-13-20(14-8-17)21-15-11-19(12-16-21)10-9-18-5-3-2-4-6-18/h9-10,17-21H,2-8,11-16H2,1H3/b10-9+. The number of allylic oxidation sites excluding steroid dienone is 2. The zero-order valence-electron chi connectivity index (χ0n) is 14.2. The molecule has 0 aromatic heterocycles. The van der Waals surface area contributed by atoms with Crippen molar-refractivity contribution in [2.75, 3.05) is 0 Å². The Morgan fingerprint density at radius 1 is 0.524 bits per heavy atom. The van der Waals surface area contributed by atoms with Crippen LogP contribution in [0.1, 0.15) is 90.4 Å². The normalized spacial score (nSPS) is 39.7. The molecule has 0 aliphatic heterocycles. The molecule has 3 rings (SSSR count). The van der Waals surface area contributed by atoms with Gasteiger partial charge in [-0.2, -0.15) is 0 Å². The van der Waals surface area contributed by atoms with E-state index in [-0.39, 0.29) is 0 Å². The summed E-state index contributed by atoms with van der Waals surface area (Å²) in [5, 5.41) is 0. The van der Waals surface area contributed by atoms with Gasteiger partial charge in [0.15, 0.2) is 0 Å². The lowest BCUT2D eigenvalue weighted by Crippen LogP contribution is -2.24. The molecule has 21 heavy (non-hydrogen) atoms. The largest absolute Gasteiger partial charge is 0.0851 e. The van der Waals surface area contributed by atoms with Crippen LogP contribution in [0.2, 0.25) is 0 Å². The van der Waals surface area contributed by atoms with E-state index in [0.29, 0.717) is 0 Å². The minimum Gasteiger partial charge on any atom is -0.0851 e. The maximum atomic E-state index is 2.62. The van der Waals surface area contributed by atoms with E-state index in [0.717, 1.165) is 29.6 Å². The van der Waals surface area contributed by atoms with Crippen LogP contribution in [0.15, 0.2) is 12.2 Å². The van der Waals surface area contributed by atoms with E-state index in [1.54, 1.807) is 0 Å². The van der Waals surface area contributed by atoms with Crippen LogP contribution in [0.5, 0.6) is 0 Å². The van der Waals surface area contributed by atoms with Crippen molar-refractivity contribution < 1.29 is 0 Å². The van der Waals surface area contributed by atoms with Gasteiger partial charge in [-0.1, -0.05) is 51.2 Å². The Kier molecular flexibility index (Phi) is 5.83. The van der Waals surface area contributed by atoms with E-state index >= 15 is 0 Å². The van der Waals surface area contributed by atoms with E-state index in [9.17, 15) is 0 Å². The van der Waals surface area contributed by atoms with Gasteiger partial charge < -0.3 is 0 Å². The SMILES string of the molecule is CC1CCC(C2CCC(/C=C/C3CCCCC3)CC2)CC1. The van der Waals surface area contributed by atoms with Crippen LogP contribution < -0.4 is 0 Å².